The molecule has 1 saturated heterocycles. The van der Waals surface area contributed by atoms with Crippen LogP contribution in [0.15, 0.2) is 12.1 Å². The van der Waals surface area contributed by atoms with Gasteiger partial charge in [0.1, 0.15) is 0 Å². The molecule has 19 heavy (non-hydrogen) atoms. The molecule has 2 rings (SSSR count). The van der Waals surface area contributed by atoms with Crippen LogP contribution in [-0.2, 0) is 0 Å². The third-order valence-corrected chi connectivity index (χ3v) is 5.56. The Kier molecular flexibility index (Phi) is 4.54. The van der Waals surface area contributed by atoms with E-state index < -0.39 is 0 Å². The molecule has 1 heterocycles. The van der Waals surface area contributed by atoms with Crippen molar-refractivity contribution in [2.45, 2.75) is 24.5 Å². The molecule has 3 N–H and O–H groups in total. The van der Waals surface area contributed by atoms with Gasteiger partial charge in [0, 0.05) is 17.0 Å². The van der Waals surface area contributed by atoms with Gasteiger partial charge in [-0.05, 0) is 37.7 Å². The molecule has 3 nitrogen and oxygen atoms in total. The summed E-state index contributed by atoms with van der Waals surface area (Å²) in [6.45, 7) is 2.79. The Bertz CT molecular complexity index is 502. The second-order valence-corrected chi connectivity index (χ2v) is 7.42. The number of nitrogens with two attached hydrogens (primary N) is 1. The number of rotatable bonds is 3. The lowest BCUT2D eigenvalue weighted by atomic mass is 10.1. The molecule has 0 aromatic heterocycles. The van der Waals surface area contributed by atoms with Crippen LogP contribution < -0.4 is 11.1 Å². The lowest BCUT2D eigenvalue weighted by Gasteiger charge is -2.23. The predicted molar refractivity (Wildman–Crippen MR) is 83.3 cm³/mol. The van der Waals surface area contributed by atoms with E-state index in [9.17, 15) is 4.79 Å². The summed E-state index contributed by atoms with van der Waals surface area (Å²) in [5.74, 6) is 0.921. The number of carbonyl (C=O) groups excluding carboxylic acids is 1. The van der Waals surface area contributed by atoms with Crippen LogP contribution in [0.25, 0.3) is 0 Å². The van der Waals surface area contributed by atoms with E-state index in [1.165, 1.54) is 12.5 Å². The van der Waals surface area contributed by atoms with E-state index >= 15 is 0 Å². The van der Waals surface area contributed by atoms with Crippen molar-refractivity contribution in [3.63, 3.8) is 0 Å². The smallest absolute Gasteiger partial charge is 0.252 e. The van der Waals surface area contributed by atoms with Crippen LogP contribution >= 0.6 is 35.0 Å². The first-order valence-electron chi connectivity index (χ1n) is 6.08. The van der Waals surface area contributed by atoms with Crippen molar-refractivity contribution < 1.29 is 4.79 Å². The molecule has 0 saturated carbocycles. The lowest BCUT2D eigenvalue weighted by Crippen LogP contribution is -2.36. The van der Waals surface area contributed by atoms with Crippen molar-refractivity contribution in [1.82, 2.24) is 5.32 Å². The molecule has 1 aliphatic heterocycles. The molecule has 104 valence electrons. The highest BCUT2D eigenvalue weighted by atomic mass is 35.5. The maximum absolute atomic E-state index is 12.1. The summed E-state index contributed by atoms with van der Waals surface area (Å²) < 4.78 is 0.117. The maximum atomic E-state index is 12.1. The summed E-state index contributed by atoms with van der Waals surface area (Å²) in [4.78, 5) is 12.1. The third-order valence-electron chi connectivity index (χ3n) is 3.22. The first-order chi connectivity index (χ1) is 8.91. The molecule has 0 aliphatic carbocycles. The van der Waals surface area contributed by atoms with Gasteiger partial charge in [0.2, 0.25) is 0 Å². The molecular weight excluding hydrogens is 303 g/mol. The van der Waals surface area contributed by atoms with Gasteiger partial charge in [0.25, 0.3) is 5.91 Å². The Morgan fingerprint density at radius 3 is 2.89 bits per heavy atom. The van der Waals surface area contributed by atoms with Crippen LogP contribution in [0.3, 0.4) is 0 Å². The maximum Gasteiger partial charge on any atom is 0.252 e. The van der Waals surface area contributed by atoms with E-state index in [4.69, 9.17) is 28.9 Å². The van der Waals surface area contributed by atoms with Crippen molar-refractivity contribution >= 4 is 46.6 Å². The number of halogens is 2. The summed E-state index contributed by atoms with van der Waals surface area (Å²) in [7, 11) is 0. The molecule has 1 aromatic rings. The minimum atomic E-state index is -0.229. The van der Waals surface area contributed by atoms with Gasteiger partial charge in [-0.2, -0.15) is 11.8 Å². The predicted octanol–water partition coefficient (Wildman–Crippen LogP) is 3.59. The van der Waals surface area contributed by atoms with E-state index in [-0.39, 0.29) is 15.7 Å². The number of nitrogens with one attached hydrogen (secondary N) is 1. The Morgan fingerprint density at radius 2 is 2.26 bits per heavy atom. The molecule has 1 amide bonds. The van der Waals surface area contributed by atoms with Crippen LogP contribution in [-0.4, -0.2) is 23.0 Å². The number of carbonyl (C=O) groups is 1. The Morgan fingerprint density at radius 1 is 1.53 bits per heavy atom. The topological polar surface area (TPSA) is 55.1 Å². The monoisotopic (exact) mass is 318 g/mol. The zero-order valence-corrected chi connectivity index (χ0v) is 13.0. The molecular formula is C13H16Cl2N2OS. The van der Waals surface area contributed by atoms with Crippen molar-refractivity contribution in [3.05, 3.63) is 27.7 Å². The summed E-state index contributed by atoms with van der Waals surface area (Å²) in [6, 6.07) is 3.09. The van der Waals surface area contributed by atoms with E-state index in [0.717, 1.165) is 12.2 Å². The number of hydrogen-bond acceptors (Lipinski definition) is 3. The van der Waals surface area contributed by atoms with Crippen LogP contribution in [0.4, 0.5) is 5.69 Å². The average Bonchev–Trinajstić information content (AvgIpc) is 2.78. The van der Waals surface area contributed by atoms with E-state index in [1.807, 2.05) is 11.8 Å². The zero-order chi connectivity index (χ0) is 14.0. The number of hydrogen-bond donors (Lipinski definition) is 2. The molecule has 1 atom stereocenters. The molecule has 1 aliphatic rings. The SMILES string of the molecule is CC1(CNC(=O)c2cc(N)cc(Cl)c2Cl)CCCS1. The average molecular weight is 319 g/mol. The number of thioether (sulfide) groups is 1. The van der Waals surface area contributed by atoms with Crippen molar-refractivity contribution in [1.29, 1.82) is 0 Å². The Labute approximate surface area is 127 Å². The van der Waals surface area contributed by atoms with Crippen molar-refractivity contribution in [2.24, 2.45) is 0 Å². The first-order valence-corrected chi connectivity index (χ1v) is 7.82. The van der Waals surface area contributed by atoms with Gasteiger partial charge in [-0.1, -0.05) is 23.2 Å². The van der Waals surface area contributed by atoms with Crippen LogP contribution in [0.2, 0.25) is 10.0 Å². The van der Waals surface area contributed by atoms with E-state index in [2.05, 4.69) is 12.2 Å². The molecule has 0 spiro atoms. The fraction of sp³-hybridized carbons (Fsp3) is 0.462. The normalized spacial score (nSPS) is 22.5. The summed E-state index contributed by atoms with van der Waals surface area (Å²) in [5, 5.41) is 3.47. The van der Waals surface area contributed by atoms with Crippen LogP contribution in [0.1, 0.15) is 30.1 Å². The van der Waals surface area contributed by atoms with Gasteiger partial charge < -0.3 is 11.1 Å². The summed E-state index contributed by atoms with van der Waals surface area (Å²) in [6.07, 6.45) is 2.31. The Balaban J connectivity index is 2.08. The minimum Gasteiger partial charge on any atom is -0.399 e. The molecule has 0 bridgehead atoms. The van der Waals surface area contributed by atoms with Gasteiger partial charge in [-0.3, -0.25) is 4.79 Å². The highest BCUT2D eigenvalue weighted by Gasteiger charge is 2.30. The van der Waals surface area contributed by atoms with E-state index in [0.29, 0.717) is 22.8 Å². The molecule has 1 fully saturated rings. The van der Waals surface area contributed by atoms with Gasteiger partial charge in [-0.25, -0.2) is 0 Å². The second kappa shape index (κ2) is 5.81. The Hall–Kier alpha value is -0.580. The summed E-state index contributed by atoms with van der Waals surface area (Å²) >= 11 is 13.9. The highest BCUT2D eigenvalue weighted by Crippen LogP contribution is 2.37. The first kappa shape index (κ1) is 14.8. The summed E-state index contributed by atoms with van der Waals surface area (Å²) in [5.41, 5.74) is 6.45. The lowest BCUT2D eigenvalue weighted by molar-refractivity contribution is 0.0950. The van der Waals surface area contributed by atoms with Gasteiger partial charge in [0.15, 0.2) is 0 Å². The molecule has 6 heteroatoms. The number of benzene rings is 1. The number of amides is 1. The quantitative estimate of drug-likeness (QED) is 0.837. The fourth-order valence-corrected chi connectivity index (χ4v) is 3.78. The molecule has 0 radical (unpaired) electrons. The molecule has 1 aromatic carbocycles. The van der Waals surface area contributed by atoms with Crippen molar-refractivity contribution in [3.8, 4) is 0 Å². The van der Waals surface area contributed by atoms with Gasteiger partial charge in [-0.15, -0.1) is 0 Å². The van der Waals surface area contributed by atoms with Crippen LogP contribution in [0.5, 0.6) is 0 Å². The fourth-order valence-electron chi connectivity index (χ4n) is 2.11. The zero-order valence-electron chi connectivity index (χ0n) is 10.6. The van der Waals surface area contributed by atoms with Crippen molar-refractivity contribution in [2.75, 3.05) is 18.0 Å². The van der Waals surface area contributed by atoms with Crippen LogP contribution in [0, 0.1) is 0 Å². The van der Waals surface area contributed by atoms with E-state index in [1.54, 1.807) is 6.07 Å². The molecule has 1 unspecified atom stereocenters. The standard InChI is InChI=1S/C13H16Cl2N2OS/c1-13(3-2-4-19-13)7-17-12(18)9-5-8(16)6-10(14)11(9)15/h5-6H,2-4,7,16H2,1H3,(H,17,18). The largest absolute Gasteiger partial charge is 0.399 e. The highest BCUT2D eigenvalue weighted by molar-refractivity contribution is 8.00. The third kappa shape index (κ3) is 3.50. The number of anilines is 1. The second-order valence-electron chi connectivity index (χ2n) is 4.95. The van der Waals surface area contributed by atoms with Gasteiger partial charge >= 0.3 is 0 Å². The van der Waals surface area contributed by atoms with Gasteiger partial charge in [0.05, 0.1) is 15.6 Å². The number of nitrogen functional groups attached to an aromatic ring is 1. The minimum absolute atomic E-state index is 0.117.